The number of nitrogen functional groups attached to an aromatic ring is 1. The van der Waals surface area contributed by atoms with E-state index in [2.05, 4.69) is 15.0 Å². The maximum absolute atomic E-state index is 11.9. The second-order valence-electron chi connectivity index (χ2n) is 3.77. The zero-order valence-electron chi connectivity index (χ0n) is 9.82. The number of H-pyrrole nitrogens is 1. The number of anilines is 1. The molecule has 6 nitrogen and oxygen atoms in total. The Morgan fingerprint density at radius 2 is 2.22 bits per heavy atom. The van der Waals surface area contributed by atoms with Gasteiger partial charge in [-0.3, -0.25) is 9.59 Å². The second kappa shape index (κ2) is 4.79. The minimum absolute atomic E-state index is 0.156. The van der Waals surface area contributed by atoms with Crippen LogP contribution in [-0.4, -0.2) is 30.5 Å². The zero-order valence-corrected chi connectivity index (χ0v) is 9.82. The Kier molecular flexibility index (Phi) is 3.18. The molecule has 0 atom stereocenters. The van der Waals surface area contributed by atoms with E-state index in [1.54, 1.807) is 24.4 Å². The third kappa shape index (κ3) is 2.27. The Balaban J connectivity index is 2.20. The summed E-state index contributed by atoms with van der Waals surface area (Å²) in [5.74, 6) is -0.830. The molecule has 0 aliphatic rings. The van der Waals surface area contributed by atoms with Gasteiger partial charge in [0.05, 0.1) is 12.7 Å². The van der Waals surface area contributed by atoms with E-state index in [9.17, 15) is 9.59 Å². The highest BCUT2D eigenvalue weighted by Gasteiger charge is 2.13. The number of hydrogen-bond donors (Lipinski definition) is 3. The van der Waals surface area contributed by atoms with E-state index in [1.807, 2.05) is 0 Å². The molecule has 0 saturated carbocycles. The maximum Gasteiger partial charge on any atom is 0.325 e. The highest BCUT2D eigenvalue weighted by atomic mass is 16.5. The first kappa shape index (κ1) is 12.0. The molecular weight excluding hydrogens is 234 g/mol. The van der Waals surface area contributed by atoms with E-state index in [-0.39, 0.29) is 12.5 Å². The van der Waals surface area contributed by atoms with Crippen molar-refractivity contribution in [2.75, 3.05) is 19.4 Å². The van der Waals surface area contributed by atoms with Crippen molar-refractivity contribution in [1.82, 2.24) is 10.3 Å². The average molecular weight is 247 g/mol. The molecule has 0 unspecified atom stereocenters. The van der Waals surface area contributed by atoms with Gasteiger partial charge >= 0.3 is 5.97 Å². The molecule has 0 fully saturated rings. The molecule has 0 bridgehead atoms. The number of nitrogens with one attached hydrogen (secondary N) is 2. The van der Waals surface area contributed by atoms with Crippen molar-refractivity contribution in [2.24, 2.45) is 0 Å². The Bertz CT molecular complexity index is 604. The Morgan fingerprint density at radius 3 is 2.94 bits per heavy atom. The van der Waals surface area contributed by atoms with E-state index >= 15 is 0 Å². The first-order valence-electron chi connectivity index (χ1n) is 5.33. The summed E-state index contributed by atoms with van der Waals surface area (Å²) in [6.45, 7) is -0.156. The van der Waals surface area contributed by atoms with Gasteiger partial charge in [0.25, 0.3) is 5.91 Å². The summed E-state index contributed by atoms with van der Waals surface area (Å²) >= 11 is 0. The van der Waals surface area contributed by atoms with Crippen LogP contribution in [0, 0.1) is 0 Å². The van der Waals surface area contributed by atoms with Crippen molar-refractivity contribution < 1.29 is 14.3 Å². The predicted molar refractivity (Wildman–Crippen MR) is 67.1 cm³/mol. The lowest BCUT2D eigenvalue weighted by Crippen LogP contribution is -2.29. The monoisotopic (exact) mass is 247 g/mol. The highest BCUT2D eigenvalue weighted by molar-refractivity contribution is 6.07. The number of carbonyl (C=O) groups is 2. The Labute approximate surface area is 103 Å². The van der Waals surface area contributed by atoms with Crippen LogP contribution in [0.2, 0.25) is 0 Å². The smallest absolute Gasteiger partial charge is 0.325 e. The summed E-state index contributed by atoms with van der Waals surface area (Å²) in [4.78, 5) is 25.7. The first-order chi connectivity index (χ1) is 8.61. The number of nitrogens with two attached hydrogens (primary N) is 1. The lowest BCUT2D eigenvalue weighted by molar-refractivity contribution is -0.139. The van der Waals surface area contributed by atoms with Crippen molar-refractivity contribution >= 4 is 28.5 Å². The number of rotatable bonds is 3. The van der Waals surface area contributed by atoms with Gasteiger partial charge in [-0.05, 0) is 18.2 Å². The number of methoxy groups -OCH3 is 1. The van der Waals surface area contributed by atoms with Crippen molar-refractivity contribution in [2.45, 2.75) is 0 Å². The van der Waals surface area contributed by atoms with E-state index in [4.69, 9.17) is 5.73 Å². The van der Waals surface area contributed by atoms with Gasteiger partial charge < -0.3 is 20.8 Å². The van der Waals surface area contributed by atoms with Gasteiger partial charge in [0, 0.05) is 22.8 Å². The number of hydrogen-bond acceptors (Lipinski definition) is 4. The SMILES string of the molecule is COC(=O)CNC(=O)c1c[nH]c2cc(N)ccc12. The second-order valence-corrected chi connectivity index (χ2v) is 3.77. The van der Waals surface area contributed by atoms with Crippen LogP contribution in [0.1, 0.15) is 10.4 Å². The van der Waals surface area contributed by atoms with Gasteiger partial charge in [-0.25, -0.2) is 0 Å². The zero-order chi connectivity index (χ0) is 13.1. The molecule has 18 heavy (non-hydrogen) atoms. The van der Waals surface area contributed by atoms with Crippen molar-refractivity contribution in [3.8, 4) is 0 Å². The Morgan fingerprint density at radius 1 is 1.44 bits per heavy atom. The van der Waals surface area contributed by atoms with Crippen LogP contribution in [0.3, 0.4) is 0 Å². The number of aromatic amines is 1. The number of carbonyl (C=O) groups excluding carboxylic acids is 2. The van der Waals surface area contributed by atoms with E-state index in [0.717, 1.165) is 10.9 Å². The molecule has 2 aromatic rings. The summed E-state index contributed by atoms with van der Waals surface area (Å²) in [6.07, 6.45) is 1.58. The number of aromatic nitrogens is 1. The number of esters is 1. The number of benzene rings is 1. The fourth-order valence-electron chi connectivity index (χ4n) is 1.65. The summed E-state index contributed by atoms with van der Waals surface area (Å²) < 4.78 is 4.44. The summed E-state index contributed by atoms with van der Waals surface area (Å²) in [7, 11) is 1.27. The predicted octanol–water partition coefficient (Wildman–Crippen LogP) is 0.653. The third-order valence-corrected chi connectivity index (χ3v) is 2.57. The van der Waals surface area contributed by atoms with Gasteiger partial charge in [-0.1, -0.05) is 0 Å². The van der Waals surface area contributed by atoms with Gasteiger partial charge in [0.1, 0.15) is 6.54 Å². The van der Waals surface area contributed by atoms with Gasteiger partial charge in [-0.2, -0.15) is 0 Å². The van der Waals surface area contributed by atoms with Gasteiger partial charge in [0.15, 0.2) is 0 Å². The highest BCUT2D eigenvalue weighted by Crippen LogP contribution is 2.20. The molecule has 1 aromatic heterocycles. The third-order valence-electron chi connectivity index (χ3n) is 2.57. The van der Waals surface area contributed by atoms with E-state index < -0.39 is 5.97 Å². The minimum Gasteiger partial charge on any atom is -0.468 e. The van der Waals surface area contributed by atoms with Crippen molar-refractivity contribution in [3.05, 3.63) is 30.0 Å². The van der Waals surface area contributed by atoms with Crippen LogP contribution in [0.5, 0.6) is 0 Å². The average Bonchev–Trinajstić information content (AvgIpc) is 2.78. The fourth-order valence-corrected chi connectivity index (χ4v) is 1.65. The van der Waals surface area contributed by atoms with Gasteiger partial charge in [-0.15, -0.1) is 0 Å². The van der Waals surface area contributed by atoms with Crippen LogP contribution in [0.4, 0.5) is 5.69 Å². The minimum atomic E-state index is -0.493. The molecule has 1 heterocycles. The molecular formula is C12H13N3O3. The van der Waals surface area contributed by atoms with Crippen LogP contribution >= 0.6 is 0 Å². The molecule has 0 saturated heterocycles. The fraction of sp³-hybridized carbons (Fsp3) is 0.167. The summed E-state index contributed by atoms with van der Waals surface area (Å²) in [6, 6.07) is 5.22. The van der Waals surface area contributed by atoms with Crippen LogP contribution in [-0.2, 0) is 9.53 Å². The van der Waals surface area contributed by atoms with Crippen LogP contribution in [0.25, 0.3) is 10.9 Å². The standard InChI is InChI=1S/C12H13N3O3/c1-18-11(16)6-15-12(17)9-5-14-10-4-7(13)2-3-8(9)10/h2-5,14H,6,13H2,1H3,(H,15,17). The van der Waals surface area contributed by atoms with E-state index in [0.29, 0.717) is 11.3 Å². The molecule has 1 amide bonds. The van der Waals surface area contributed by atoms with E-state index in [1.165, 1.54) is 7.11 Å². The van der Waals surface area contributed by atoms with Crippen molar-refractivity contribution in [1.29, 1.82) is 0 Å². The number of ether oxygens (including phenoxy) is 1. The van der Waals surface area contributed by atoms with Crippen LogP contribution < -0.4 is 11.1 Å². The van der Waals surface area contributed by atoms with Crippen LogP contribution in [0.15, 0.2) is 24.4 Å². The quantitative estimate of drug-likeness (QED) is 0.548. The lowest BCUT2D eigenvalue weighted by atomic mass is 10.1. The molecule has 0 radical (unpaired) electrons. The molecule has 94 valence electrons. The lowest BCUT2D eigenvalue weighted by Gasteiger charge is -2.02. The topological polar surface area (TPSA) is 97.2 Å². The van der Waals surface area contributed by atoms with Crippen molar-refractivity contribution in [3.63, 3.8) is 0 Å². The molecule has 0 spiro atoms. The largest absolute Gasteiger partial charge is 0.468 e. The molecule has 0 aliphatic heterocycles. The number of fused-ring (bicyclic) bond motifs is 1. The number of amides is 1. The molecule has 6 heteroatoms. The first-order valence-corrected chi connectivity index (χ1v) is 5.33. The molecule has 1 aromatic carbocycles. The molecule has 4 N–H and O–H groups in total. The molecule has 2 rings (SSSR count). The normalized spacial score (nSPS) is 10.3. The Hall–Kier alpha value is -2.50. The van der Waals surface area contributed by atoms with Gasteiger partial charge in [0.2, 0.25) is 0 Å². The summed E-state index contributed by atoms with van der Waals surface area (Å²) in [5.41, 5.74) is 7.50. The molecule has 0 aliphatic carbocycles. The maximum atomic E-state index is 11.9. The summed E-state index contributed by atoms with van der Waals surface area (Å²) in [5, 5.41) is 3.23.